The number of nitrogens with zero attached hydrogens (tertiary/aromatic N) is 3. The topological polar surface area (TPSA) is 62.3 Å². The lowest BCUT2D eigenvalue weighted by atomic mass is 10.1. The van der Waals surface area contributed by atoms with Crippen molar-refractivity contribution < 1.29 is 19.1 Å². The van der Waals surface area contributed by atoms with Gasteiger partial charge in [-0.3, -0.25) is 19.4 Å². The number of carbonyl (C=O) groups is 2. The number of imide groups is 1. The van der Waals surface area contributed by atoms with Crippen LogP contribution in [0.1, 0.15) is 12.0 Å². The van der Waals surface area contributed by atoms with Crippen molar-refractivity contribution in [3.8, 4) is 11.5 Å². The largest absolute Gasteiger partial charge is 0.454 e. The third-order valence-corrected chi connectivity index (χ3v) is 6.79. The predicted molar refractivity (Wildman–Crippen MR) is 117 cm³/mol. The number of anilines is 1. The molecule has 1 atom stereocenters. The number of fused-ring (bicyclic) bond motifs is 1. The van der Waals surface area contributed by atoms with E-state index in [1.54, 1.807) is 18.2 Å². The fourth-order valence-electron chi connectivity index (χ4n) is 4.35. The van der Waals surface area contributed by atoms with Gasteiger partial charge >= 0.3 is 0 Å². The average Bonchev–Trinajstić information content (AvgIpc) is 3.34. The summed E-state index contributed by atoms with van der Waals surface area (Å²) in [6, 6.07) is 10.5. The maximum Gasteiger partial charge on any atom is 0.251 e. The molecule has 2 aromatic rings. The van der Waals surface area contributed by atoms with Gasteiger partial charge in [-0.1, -0.05) is 35.3 Å². The van der Waals surface area contributed by atoms with Crippen LogP contribution in [0.5, 0.6) is 11.5 Å². The van der Waals surface area contributed by atoms with E-state index in [4.69, 9.17) is 32.7 Å². The molecule has 3 aliphatic heterocycles. The maximum atomic E-state index is 13.1. The zero-order valence-electron chi connectivity index (χ0n) is 16.7. The summed E-state index contributed by atoms with van der Waals surface area (Å²) >= 11 is 12.3. The summed E-state index contributed by atoms with van der Waals surface area (Å²) in [6.07, 6.45) is 0.157. The molecule has 31 heavy (non-hydrogen) atoms. The maximum absolute atomic E-state index is 13.1. The molecule has 0 radical (unpaired) electrons. The first-order valence-corrected chi connectivity index (χ1v) is 10.9. The molecule has 7 nitrogen and oxygen atoms in total. The van der Waals surface area contributed by atoms with E-state index in [1.807, 2.05) is 18.2 Å². The predicted octanol–water partition coefficient (Wildman–Crippen LogP) is 3.17. The highest BCUT2D eigenvalue weighted by atomic mass is 35.5. The van der Waals surface area contributed by atoms with Gasteiger partial charge in [0.1, 0.15) is 0 Å². The third-order valence-electron chi connectivity index (χ3n) is 5.99. The molecule has 3 heterocycles. The van der Waals surface area contributed by atoms with Crippen molar-refractivity contribution in [2.45, 2.75) is 19.0 Å². The average molecular weight is 462 g/mol. The number of piperazine rings is 1. The molecule has 3 aliphatic rings. The molecule has 162 valence electrons. The molecular formula is C22H21Cl2N3O4. The molecule has 2 amide bonds. The van der Waals surface area contributed by atoms with Crippen LogP contribution in [0.4, 0.5) is 5.69 Å². The molecule has 2 saturated heterocycles. The van der Waals surface area contributed by atoms with Crippen LogP contribution in [0.2, 0.25) is 10.0 Å². The van der Waals surface area contributed by atoms with Gasteiger partial charge < -0.3 is 9.47 Å². The summed E-state index contributed by atoms with van der Waals surface area (Å²) < 4.78 is 10.8. The number of ether oxygens (including phenoxy) is 2. The minimum absolute atomic E-state index is 0.157. The van der Waals surface area contributed by atoms with Crippen molar-refractivity contribution >= 4 is 40.7 Å². The zero-order chi connectivity index (χ0) is 21.5. The van der Waals surface area contributed by atoms with E-state index >= 15 is 0 Å². The normalized spacial score (nSPS) is 21.9. The van der Waals surface area contributed by atoms with Gasteiger partial charge in [-0.15, -0.1) is 0 Å². The number of halogens is 2. The van der Waals surface area contributed by atoms with E-state index in [-0.39, 0.29) is 30.1 Å². The van der Waals surface area contributed by atoms with Crippen molar-refractivity contribution in [1.29, 1.82) is 0 Å². The summed E-state index contributed by atoms with van der Waals surface area (Å²) in [4.78, 5) is 31.3. The quantitative estimate of drug-likeness (QED) is 0.651. The summed E-state index contributed by atoms with van der Waals surface area (Å²) in [6.45, 7) is 4.11. The van der Waals surface area contributed by atoms with Gasteiger partial charge in [0.15, 0.2) is 11.5 Å². The second-order valence-electron chi connectivity index (χ2n) is 7.86. The van der Waals surface area contributed by atoms with Gasteiger partial charge in [0.05, 0.1) is 28.2 Å². The van der Waals surface area contributed by atoms with E-state index in [9.17, 15) is 9.59 Å². The molecular weight excluding hydrogens is 441 g/mol. The van der Waals surface area contributed by atoms with E-state index in [0.717, 1.165) is 36.7 Å². The van der Waals surface area contributed by atoms with Crippen LogP contribution in [0.15, 0.2) is 36.4 Å². The molecule has 0 N–H and O–H groups in total. The van der Waals surface area contributed by atoms with Crippen molar-refractivity contribution in [3.63, 3.8) is 0 Å². The Labute approximate surface area is 190 Å². The van der Waals surface area contributed by atoms with Gasteiger partial charge in [-0.2, -0.15) is 0 Å². The molecule has 0 spiro atoms. The van der Waals surface area contributed by atoms with Crippen molar-refractivity contribution in [1.82, 2.24) is 9.80 Å². The Morgan fingerprint density at radius 1 is 0.968 bits per heavy atom. The highest BCUT2D eigenvalue weighted by Crippen LogP contribution is 2.36. The van der Waals surface area contributed by atoms with Crippen molar-refractivity contribution in [3.05, 3.63) is 52.0 Å². The molecule has 9 heteroatoms. The van der Waals surface area contributed by atoms with Crippen molar-refractivity contribution in [2.24, 2.45) is 0 Å². The number of amides is 2. The monoisotopic (exact) mass is 461 g/mol. The molecule has 0 aromatic heterocycles. The summed E-state index contributed by atoms with van der Waals surface area (Å²) in [5.74, 6) is 1.08. The van der Waals surface area contributed by atoms with E-state index in [0.29, 0.717) is 23.8 Å². The van der Waals surface area contributed by atoms with E-state index < -0.39 is 6.04 Å². The van der Waals surface area contributed by atoms with Gasteiger partial charge in [0.25, 0.3) is 5.91 Å². The Bertz CT molecular complexity index is 1040. The first-order valence-electron chi connectivity index (χ1n) is 10.2. The lowest BCUT2D eigenvalue weighted by Crippen LogP contribution is -2.52. The number of hydrogen-bond donors (Lipinski definition) is 0. The molecule has 0 bridgehead atoms. The van der Waals surface area contributed by atoms with Crippen LogP contribution >= 0.6 is 23.2 Å². The highest BCUT2D eigenvalue weighted by molar-refractivity contribution is 6.44. The lowest BCUT2D eigenvalue weighted by Gasteiger charge is -2.37. The number of carbonyl (C=O) groups excluding carboxylic acids is 2. The fraction of sp³-hybridized carbons (Fsp3) is 0.364. The molecule has 0 saturated carbocycles. The first-order chi connectivity index (χ1) is 15.0. The van der Waals surface area contributed by atoms with Gasteiger partial charge in [-0.25, -0.2) is 4.90 Å². The fourth-order valence-corrected chi connectivity index (χ4v) is 4.73. The first kappa shape index (κ1) is 20.6. The second-order valence-corrected chi connectivity index (χ2v) is 8.65. The van der Waals surface area contributed by atoms with Crippen LogP contribution < -0.4 is 14.4 Å². The number of rotatable bonds is 4. The second kappa shape index (κ2) is 8.31. The zero-order valence-corrected chi connectivity index (χ0v) is 18.2. The summed E-state index contributed by atoms with van der Waals surface area (Å²) in [7, 11) is 0. The standard InChI is InChI=1S/C22H21Cl2N3O4/c23-15-2-1-3-16(21(15)24)27-20(28)11-17(22(27)29)26-8-6-25(7-9-26)12-14-4-5-18-19(10-14)31-13-30-18/h1-5,10,17H,6-9,11-13H2. The number of hydrogen-bond acceptors (Lipinski definition) is 6. The summed E-state index contributed by atoms with van der Waals surface area (Å²) in [5.41, 5.74) is 1.51. The minimum atomic E-state index is -0.463. The molecule has 2 aromatic carbocycles. The molecule has 5 rings (SSSR count). The SMILES string of the molecule is O=C1CC(N2CCN(Cc3ccc4c(c3)OCO4)CC2)C(=O)N1c1cccc(Cl)c1Cl. The Morgan fingerprint density at radius 3 is 2.55 bits per heavy atom. The van der Waals surface area contributed by atoms with Crippen LogP contribution in [0, 0.1) is 0 Å². The van der Waals surface area contributed by atoms with Crippen LogP contribution in [-0.2, 0) is 16.1 Å². The van der Waals surface area contributed by atoms with E-state index in [1.165, 1.54) is 4.90 Å². The highest BCUT2D eigenvalue weighted by Gasteiger charge is 2.44. The van der Waals surface area contributed by atoms with Crippen LogP contribution in [0.3, 0.4) is 0 Å². The lowest BCUT2D eigenvalue weighted by molar-refractivity contribution is -0.123. The van der Waals surface area contributed by atoms with Crippen molar-refractivity contribution in [2.75, 3.05) is 37.9 Å². The van der Waals surface area contributed by atoms with Gasteiger partial charge in [0, 0.05) is 32.7 Å². The Balaban J connectivity index is 1.22. The van der Waals surface area contributed by atoms with Gasteiger partial charge in [-0.05, 0) is 29.8 Å². The van der Waals surface area contributed by atoms with Gasteiger partial charge in [0.2, 0.25) is 12.7 Å². The van der Waals surface area contributed by atoms with Crippen LogP contribution in [-0.4, -0.2) is 60.6 Å². The Hall–Kier alpha value is -2.32. The molecule has 1 unspecified atom stereocenters. The Kier molecular flexibility index (Phi) is 5.52. The third kappa shape index (κ3) is 3.87. The number of benzene rings is 2. The molecule has 2 fully saturated rings. The Morgan fingerprint density at radius 2 is 1.74 bits per heavy atom. The molecule has 0 aliphatic carbocycles. The van der Waals surface area contributed by atoms with E-state index in [2.05, 4.69) is 9.80 Å². The summed E-state index contributed by atoms with van der Waals surface area (Å²) in [5, 5.41) is 0.542. The smallest absolute Gasteiger partial charge is 0.251 e. The minimum Gasteiger partial charge on any atom is -0.454 e. The van der Waals surface area contributed by atoms with Crippen LogP contribution in [0.25, 0.3) is 0 Å².